The van der Waals surface area contributed by atoms with E-state index in [0.717, 1.165) is 18.7 Å². The zero-order valence-corrected chi connectivity index (χ0v) is 13.0. The molecule has 4 nitrogen and oxygen atoms in total. The molecule has 0 bridgehead atoms. The summed E-state index contributed by atoms with van der Waals surface area (Å²) in [7, 11) is 0. The molecule has 1 fully saturated rings. The first-order valence-electron chi connectivity index (χ1n) is 7.64. The second-order valence-corrected chi connectivity index (χ2v) is 6.05. The number of anilines is 1. The molecule has 0 radical (unpaired) electrons. The first-order valence-corrected chi connectivity index (χ1v) is 7.64. The van der Waals surface area contributed by atoms with Crippen LogP contribution >= 0.6 is 0 Å². The number of hydrogen-bond acceptors (Lipinski definition) is 3. The number of carbonyl (C=O) groups excluding carboxylic acids is 1. The zero-order valence-electron chi connectivity index (χ0n) is 13.0. The largest absolute Gasteiger partial charge is 0.367 e. The Morgan fingerprint density at radius 3 is 2.82 bits per heavy atom. The van der Waals surface area contributed by atoms with Crippen LogP contribution in [0.3, 0.4) is 0 Å². The third kappa shape index (κ3) is 2.56. The summed E-state index contributed by atoms with van der Waals surface area (Å²) < 4.78 is 0. The number of primary amides is 1. The maximum Gasteiger partial charge on any atom is 0.252 e. The summed E-state index contributed by atoms with van der Waals surface area (Å²) in [6, 6.07) is 10.8. The Morgan fingerprint density at radius 2 is 2.09 bits per heavy atom. The maximum atomic E-state index is 11.6. The highest BCUT2D eigenvalue weighted by atomic mass is 16.1. The summed E-state index contributed by atoms with van der Waals surface area (Å²) in [5.74, 6) is 0.0553. The van der Waals surface area contributed by atoms with Gasteiger partial charge in [0.1, 0.15) is 0 Å². The molecular weight excluding hydrogens is 274 g/mol. The van der Waals surface area contributed by atoms with Crippen molar-refractivity contribution in [2.75, 3.05) is 11.4 Å². The molecule has 2 aromatic rings. The van der Waals surface area contributed by atoms with Crippen LogP contribution in [0.4, 0.5) is 5.69 Å². The predicted molar refractivity (Wildman–Crippen MR) is 88.1 cm³/mol. The Hall–Kier alpha value is -2.36. The van der Waals surface area contributed by atoms with Crippen LogP contribution in [-0.4, -0.2) is 23.5 Å². The highest BCUT2D eigenvalue weighted by Gasteiger charge is 2.32. The van der Waals surface area contributed by atoms with Gasteiger partial charge < -0.3 is 10.6 Å². The number of rotatable bonds is 3. The number of hydrogen-bond donors (Lipinski definition) is 1. The van der Waals surface area contributed by atoms with Gasteiger partial charge in [0.15, 0.2) is 0 Å². The van der Waals surface area contributed by atoms with Crippen molar-refractivity contribution in [1.29, 1.82) is 0 Å². The van der Waals surface area contributed by atoms with Gasteiger partial charge in [-0.2, -0.15) is 0 Å². The molecule has 0 aliphatic carbocycles. The lowest BCUT2D eigenvalue weighted by molar-refractivity contribution is 0.100. The SMILES string of the molecule is Cc1ccccc1C1CC(C)N(c2ccncc2C(N)=O)C1. The molecule has 2 atom stereocenters. The zero-order chi connectivity index (χ0) is 15.7. The van der Waals surface area contributed by atoms with E-state index in [0.29, 0.717) is 17.5 Å². The molecule has 0 spiro atoms. The number of nitrogens with two attached hydrogens (primary N) is 1. The van der Waals surface area contributed by atoms with Crippen LogP contribution in [-0.2, 0) is 0 Å². The van der Waals surface area contributed by atoms with Gasteiger partial charge in [0, 0.05) is 30.9 Å². The average Bonchev–Trinajstić information content (AvgIpc) is 2.89. The minimum Gasteiger partial charge on any atom is -0.367 e. The van der Waals surface area contributed by atoms with Crippen molar-refractivity contribution in [3.8, 4) is 0 Å². The lowest BCUT2D eigenvalue weighted by Crippen LogP contribution is -2.29. The average molecular weight is 295 g/mol. The lowest BCUT2D eigenvalue weighted by Gasteiger charge is -2.25. The quantitative estimate of drug-likeness (QED) is 0.947. The van der Waals surface area contributed by atoms with E-state index in [1.54, 1.807) is 12.4 Å². The van der Waals surface area contributed by atoms with Gasteiger partial charge >= 0.3 is 0 Å². The molecule has 1 saturated heterocycles. The Bertz CT molecular complexity index is 698. The molecule has 0 saturated carbocycles. The number of aryl methyl sites for hydroxylation is 1. The van der Waals surface area contributed by atoms with Gasteiger partial charge in [-0.15, -0.1) is 0 Å². The third-order valence-electron chi connectivity index (χ3n) is 4.58. The van der Waals surface area contributed by atoms with Crippen LogP contribution in [0.5, 0.6) is 0 Å². The van der Waals surface area contributed by atoms with Crippen molar-refractivity contribution in [2.45, 2.75) is 32.2 Å². The fraction of sp³-hybridized carbons (Fsp3) is 0.333. The molecular formula is C18H21N3O. The monoisotopic (exact) mass is 295 g/mol. The summed E-state index contributed by atoms with van der Waals surface area (Å²) in [6.07, 6.45) is 4.35. The topological polar surface area (TPSA) is 59.2 Å². The van der Waals surface area contributed by atoms with Crippen molar-refractivity contribution < 1.29 is 4.79 Å². The van der Waals surface area contributed by atoms with Gasteiger partial charge in [0.25, 0.3) is 5.91 Å². The van der Waals surface area contributed by atoms with Crippen molar-refractivity contribution in [2.24, 2.45) is 5.73 Å². The number of carbonyl (C=O) groups is 1. The van der Waals surface area contributed by atoms with E-state index in [-0.39, 0.29) is 0 Å². The van der Waals surface area contributed by atoms with Gasteiger partial charge in [0.2, 0.25) is 0 Å². The predicted octanol–water partition coefficient (Wildman–Crippen LogP) is 2.87. The molecule has 2 unspecified atom stereocenters. The highest BCUT2D eigenvalue weighted by molar-refractivity contribution is 5.98. The minimum absolute atomic E-state index is 0.366. The maximum absolute atomic E-state index is 11.6. The van der Waals surface area contributed by atoms with Crippen LogP contribution in [0.25, 0.3) is 0 Å². The summed E-state index contributed by atoms with van der Waals surface area (Å²) in [4.78, 5) is 17.9. The number of aromatic nitrogens is 1. The van der Waals surface area contributed by atoms with E-state index in [9.17, 15) is 4.79 Å². The van der Waals surface area contributed by atoms with E-state index in [1.807, 2.05) is 6.07 Å². The van der Waals surface area contributed by atoms with E-state index in [2.05, 4.69) is 48.0 Å². The van der Waals surface area contributed by atoms with Crippen molar-refractivity contribution in [1.82, 2.24) is 4.98 Å². The first-order chi connectivity index (χ1) is 10.6. The Morgan fingerprint density at radius 1 is 1.32 bits per heavy atom. The number of nitrogens with zero attached hydrogens (tertiary/aromatic N) is 2. The van der Waals surface area contributed by atoms with E-state index < -0.39 is 5.91 Å². The van der Waals surface area contributed by atoms with Crippen molar-refractivity contribution in [3.05, 3.63) is 59.4 Å². The van der Waals surface area contributed by atoms with E-state index in [1.165, 1.54) is 11.1 Å². The van der Waals surface area contributed by atoms with Crippen LogP contribution in [0.1, 0.15) is 40.7 Å². The summed E-state index contributed by atoms with van der Waals surface area (Å²) >= 11 is 0. The summed E-state index contributed by atoms with van der Waals surface area (Å²) in [5, 5.41) is 0. The van der Waals surface area contributed by atoms with Crippen LogP contribution < -0.4 is 10.6 Å². The van der Waals surface area contributed by atoms with Gasteiger partial charge in [-0.25, -0.2) is 0 Å². The third-order valence-corrected chi connectivity index (χ3v) is 4.58. The number of amides is 1. The fourth-order valence-electron chi connectivity index (χ4n) is 3.46. The standard InChI is InChI=1S/C18H21N3O/c1-12-5-3-4-6-15(12)14-9-13(2)21(11-14)17-7-8-20-10-16(17)18(19)22/h3-8,10,13-14H,9,11H2,1-2H3,(H2,19,22). The Labute approximate surface area is 131 Å². The molecule has 2 heterocycles. The number of pyridine rings is 1. The molecule has 22 heavy (non-hydrogen) atoms. The highest BCUT2D eigenvalue weighted by Crippen LogP contribution is 2.37. The van der Waals surface area contributed by atoms with Crippen LogP contribution in [0.2, 0.25) is 0 Å². The normalized spacial score (nSPS) is 21.1. The van der Waals surface area contributed by atoms with Crippen LogP contribution in [0.15, 0.2) is 42.7 Å². The van der Waals surface area contributed by atoms with Gasteiger partial charge in [-0.3, -0.25) is 9.78 Å². The molecule has 1 aliphatic heterocycles. The fourth-order valence-corrected chi connectivity index (χ4v) is 3.46. The molecule has 1 aromatic carbocycles. The smallest absolute Gasteiger partial charge is 0.252 e. The molecule has 1 aromatic heterocycles. The van der Waals surface area contributed by atoms with Crippen LogP contribution in [0, 0.1) is 6.92 Å². The molecule has 1 amide bonds. The van der Waals surface area contributed by atoms with E-state index >= 15 is 0 Å². The summed E-state index contributed by atoms with van der Waals surface area (Å²) in [6.45, 7) is 5.25. The first kappa shape index (κ1) is 14.6. The lowest BCUT2D eigenvalue weighted by atomic mass is 9.93. The Balaban J connectivity index is 1.92. The number of benzene rings is 1. The molecule has 3 rings (SSSR count). The Kier molecular flexibility index (Phi) is 3.84. The van der Waals surface area contributed by atoms with Gasteiger partial charge in [-0.05, 0) is 37.5 Å². The summed E-state index contributed by atoms with van der Waals surface area (Å²) in [5.41, 5.74) is 9.61. The van der Waals surface area contributed by atoms with Crippen molar-refractivity contribution >= 4 is 11.6 Å². The molecule has 4 heteroatoms. The second-order valence-electron chi connectivity index (χ2n) is 6.05. The molecule has 2 N–H and O–H groups in total. The minimum atomic E-state index is -0.422. The van der Waals surface area contributed by atoms with Gasteiger partial charge in [0.05, 0.1) is 11.3 Å². The second kappa shape index (κ2) is 5.79. The van der Waals surface area contributed by atoms with Crippen molar-refractivity contribution in [3.63, 3.8) is 0 Å². The molecule has 114 valence electrons. The van der Waals surface area contributed by atoms with E-state index in [4.69, 9.17) is 5.73 Å². The molecule has 1 aliphatic rings. The van der Waals surface area contributed by atoms with Gasteiger partial charge in [-0.1, -0.05) is 24.3 Å².